The van der Waals surface area contributed by atoms with Crippen molar-refractivity contribution in [2.45, 2.75) is 69.1 Å². The maximum absolute atomic E-state index is 14.0. The number of methoxy groups -OCH3 is 1. The molecule has 0 bridgehead atoms. The van der Waals surface area contributed by atoms with E-state index in [0.29, 0.717) is 17.8 Å². The van der Waals surface area contributed by atoms with Crippen LogP contribution in [0.25, 0.3) is 4.85 Å². The molecule has 4 aliphatic rings. The van der Waals surface area contributed by atoms with Crippen molar-refractivity contribution in [3.8, 4) is 0 Å². The first kappa shape index (κ1) is 25.6. The highest BCUT2D eigenvalue weighted by Crippen LogP contribution is 2.66. The summed E-state index contributed by atoms with van der Waals surface area (Å²) in [5, 5.41) is 0. The molecule has 0 aliphatic heterocycles. The van der Waals surface area contributed by atoms with Crippen molar-refractivity contribution in [3.05, 3.63) is 76.4 Å². The van der Waals surface area contributed by atoms with Crippen LogP contribution in [0.15, 0.2) is 64.3 Å². The number of fused-ring (bicyclic) bond motifs is 5. The molecule has 0 saturated heterocycles. The minimum absolute atomic E-state index is 0.117. The molecule has 4 aliphatic carbocycles. The number of hydrogen-bond acceptors (Lipinski definition) is 3. The van der Waals surface area contributed by atoms with Crippen molar-refractivity contribution in [3.63, 3.8) is 0 Å². The van der Waals surface area contributed by atoms with Gasteiger partial charge in [0.05, 0.1) is 17.8 Å². The molecular formula is C30H36ClNO3S. The Morgan fingerprint density at radius 1 is 1.11 bits per heavy atom. The summed E-state index contributed by atoms with van der Waals surface area (Å²) in [7, 11) is -2.26. The molecule has 192 valence electrons. The number of allylic oxidation sites excluding steroid dienone is 5. The van der Waals surface area contributed by atoms with Crippen LogP contribution in [-0.4, -0.2) is 26.3 Å². The molecule has 4 nitrogen and oxygen atoms in total. The van der Waals surface area contributed by atoms with Crippen molar-refractivity contribution < 1.29 is 13.2 Å². The van der Waals surface area contributed by atoms with Gasteiger partial charge < -0.3 is 4.74 Å². The Balaban J connectivity index is 1.53. The van der Waals surface area contributed by atoms with E-state index in [1.165, 1.54) is 5.57 Å². The van der Waals surface area contributed by atoms with E-state index < -0.39 is 14.7 Å². The lowest BCUT2D eigenvalue weighted by molar-refractivity contribution is -0.0131. The van der Waals surface area contributed by atoms with E-state index in [2.05, 4.69) is 36.9 Å². The fourth-order valence-corrected chi connectivity index (χ4v) is 10.4. The predicted octanol–water partition coefficient (Wildman–Crippen LogP) is 7.26. The monoisotopic (exact) mass is 525 g/mol. The number of hydrogen-bond donors (Lipinski definition) is 0. The Labute approximate surface area is 221 Å². The van der Waals surface area contributed by atoms with Crippen LogP contribution in [0.1, 0.15) is 57.9 Å². The second kappa shape index (κ2) is 8.77. The first-order valence-corrected chi connectivity index (χ1v) is 15.0. The van der Waals surface area contributed by atoms with Gasteiger partial charge >= 0.3 is 4.87 Å². The minimum atomic E-state index is -4.01. The number of ether oxygens (including phenoxy) is 1. The van der Waals surface area contributed by atoms with Crippen LogP contribution < -0.4 is 0 Å². The summed E-state index contributed by atoms with van der Waals surface area (Å²) < 4.78 is 33.7. The Morgan fingerprint density at radius 3 is 2.47 bits per heavy atom. The topological polar surface area (TPSA) is 47.7 Å². The fourth-order valence-electron chi connectivity index (χ4n) is 7.98. The number of benzene rings is 1. The molecule has 0 heterocycles. The first-order chi connectivity index (χ1) is 17.1. The number of aryl methyl sites for hydroxylation is 1. The standard InChI is InChI=1S/C30H36ClNO3S/c1-20-6-9-23(10-7-20)36(33,34)30(19-31,32-4)27-13-12-25-24-11-8-21-18-22(35-5)14-16-28(21,2)26(24)15-17-29(25,27)3/h6-10,13,18,24-26H,11-12,14-17,19H2,1-3,5H3/t24-,25-,26-,28-,29-,30?/m0/s1. The summed E-state index contributed by atoms with van der Waals surface area (Å²) >= 11 is 6.48. The van der Waals surface area contributed by atoms with E-state index in [-0.39, 0.29) is 21.6 Å². The highest BCUT2D eigenvalue weighted by molar-refractivity contribution is 7.93. The smallest absolute Gasteiger partial charge is 0.368 e. The number of alkyl halides is 1. The largest absolute Gasteiger partial charge is 0.501 e. The van der Waals surface area contributed by atoms with Crippen LogP contribution in [-0.2, 0) is 14.6 Å². The minimum Gasteiger partial charge on any atom is -0.501 e. The van der Waals surface area contributed by atoms with Gasteiger partial charge in [-0.25, -0.2) is 15.0 Å². The van der Waals surface area contributed by atoms with E-state index >= 15 is 0 Å². The Bertz CT molecular complexity index is 1300. The lowest BCUT2D eigenvalue weighted by Gasteiger charge is -2.57. The highest BCUT2D eigenvalue weighted by atomic mass is 35.5. The van der Waals surface area contributed by atoms with Gasteiger partial charge in [-0.3, -0.25) is 4.85 Å². The molecule has 0 aromatic heterocycles. The van der Waals surface area contributed by atoms with E-state index in [0.717, 1.165) is 55.4 Å². The first-order valence-electron chi connectivity index (χ1n) is 13.0. The number of rotatable bonds is 5. The highest BCUT2D eigenvalue weighted by Gasteiger charge is 2.65. The molecule has 0 radical (unpaired) electrons. The molecule has 36 heavy (non-hydrogen) atoms. The van der Waals surface area contributed by atoms with Gasteiger partial charge in [0, 0.05) is 17.4 Å². The quantitative estimate of drug-likeness (QED) is 0.231. The summed E-state index contributed by atoms with van der Waals surface area (Å²) in [6.07, 6.45) is 12.5. The second-order valence-electron chi connectivity index (χ2n) is 11.7. The lowest BCUT2D eigenvalue weighted by atomic mass is 9.48. The van der Waals surface area contributed by atoms with Crippen LogP contribution in [0.5, 0.6) is 0 Å². The van der Waals surface area contributed by atoms with Gasteiger partial charge in [0.2, 0.25) is 0 Å². The molecule has 1 saturated carbocycles. The van der Waals surface area contributed by atoms with Crippen LogP contribution in [0, 0.1) is 42.1 Å². The van der Waals surface area contributed by atoms with E-state index in [4.69, 9.17) is 22.9 Å². The molecule has 0 N–H and O–H groups in total. The van der Waals surface area contributed by atoms with E-state index in [1.807, 2.05) is 6.92 Å². The van der Waals surface area contributed by atoms with Crippen molar-refractivity contribution in [2.75, 3.05) is 13.0 Å². The number of halogens is 1. The second-order valence-corrected chi connectivity index (χ2v) is 14.1. The van der Waals surface area contributed by atoms with Gasteiger partial charge in [0.15, 0.2) is 0 Å². The molecule has 6 heteroatoms. The summed E-state index contributed by atoms with van der Waals surface area (Å²) in [6, 6.07) is 6.80. The zero-order chi connectivity index (χ0) is 25.9. The molecule has 0 amide bonds. The third-order valence-electron chi connectivity index (χ3n) is 10.1. The van der Waals surface area contributed by atoms with Crippen LogP contribution >= 0.6 is 11.6 Å². The van der Waals surface area contributed by atoms with Gasteiger partial charge in [-0.15, -0.1) is 11.6 Å². The average molecular weight is 526 g/mol. The predicted molar refractivity (Wildman–Crippen MR) is 144 cm³/mol. The zero-order valence-electron chi connectivity index (χ0n) is 21.7. The summed E-state index contributed by atoms with van der Waals surface area (Å²) in [5.74, 6) is 2.12. The van der Waals surface area contributed by atoms with Crippen molar-refractivity contribution >= 4 is 21.4 Å². The van der Waals surface area contributed by atoms with Gasteiger partial charge in [0.25, 0.3) is 9.84 Å². The molecule has 5 rings (SSSR count). The van der Waals surface area contributed by atoms with Gasteiger partial charge in [-0.05, 0) is 86.0 Å². The summed E-state index contributed by atoms with van der Waals surface area (Å²) in [6.45, 7) is 14.7. The van der Waals surface area contributed by atoms with Crippen LogP contribution in [0.2, 0.25) is 0 Å². The fraction of sp³-hybridized carbons (Fsp3) is 0.567. The number of sulfone groups is 1. The summed E-state index contributed by atoms with van der Waals surface area (Å²) in [4.78, 5) is 2.25. The third-order valence-corrected chi connectivity index (χ3v) is 12.9. The molecule has 6 atom stereocenters. The maximum atomic E-state index is 14.0. The Hall–Kier alpha value is -2.03. The molecule has 1 fully saturated rings. The average Bonchev–Trinajstić information content (AvgIpc) is 3.22. The molecule has 1 aromatic carbocycles. The Kier molecular flexibility index (Phi) is 6.24. The molecule has 1 aromatic rings. The molecule has 1 unspecified atom stereocenters. The van der Waals surface area contributed by atoms with Gasteiger partial charge in [0.1, 0.15) is 5.88 Å². The normalized spacial score (nSPS) is 35.1. The van der Waals surface area contributed by atoms with E-state index in [1.54, 1.807) is 31.4 Å². The van der Waals surface area contributed by atoms with Crippen LogP contribution in [0.3, 0.4) is 0 Å². The lowest BCUT2D eigenvalue weighted by Crippen LogP contribution is -2.52. The van der Waals surface area contributed by atoms with E-state index in [9.17, 15) is 8.42 Å². The molecule has 0 spiro atoms. The van der Waals surface area contributed by atoms with Crippen molar-refractivity contribution in [1.82, 2.24) is 0 Å². The van der Waals surface area contributed by atoms with Gasteiger partial charge in [-0.2, -0.15) is 0 Å². The van der Waals surface area contributed by atoms with Crippen molar-refractivity contribution in [2.24, 2.45) is 28.6 Å². The Morgan fingerprint density at radius 2 is 1.83 bits per heavy atom. The SMILES string of the molecule is [C-]#[N+]C(CCl)(C1=CC[C@H]2[C@@H]3CC=C4C=C(OC)CC[C@]4(C)[C@H]3CC[C@]12C)S(=O)(=O)c1ccc(C)cc1. The number of nitrogens with zero attached hydrogens (tertiary/aromatic N) is 1. The zero-order valence-corrected chi connectivity index (χ0v) is 23.3. The molecular weight excluding hydrogens is 490 g/mol. The van der Waals surface area contributed by atoms with Gasteiger partial charge in [-0.1, -0.05) is 43.7 Å². The maximum Gasteiger partial charge on any atom is 0.368 e. The van der Waals surface area contributed by atoms with Crippen molar-refractivity contribution in [1.29, 1.82) is 0 Å². The third kappa shape index (κ3) is 3.40. The van der Waals surface area contributed by atoms with Crippen LogP contribution in [0.4, 0.5) is 0 Å². The summed E-state index contributed by atoms with van der Waals surface area (Å²) in [5.41, 5.74) is 2.87.